The molecule has 3 N–H and O–H groups in total. The summed E-state index contributed by atoms with van der Waals surface area (Å²) in [5.41, 5.74) is 5.09. The topological polar surface area (TPSA) is 83.0 Å². The first-order valence-corrected chi connectivity index (χ1v) is 9.40. The van der Waals surface area contributed by atoms with E-state index in [2.05, 4.69) is 15.8 Å². The third-order valence-corrected chi connectivity index (χ3v) is 4.38. The normalized spacial score (nSPS) is 15.1. The number of amides is 1. The van der Waals surface area contributed by atoms with E-state index in [-0.39, 0.29) is 18.1 Å². The standard InChI is InChI=1S/C22H27N3O3/c1-14(26)24-19-11-7-10-17-16-8-5-6-9-18(16)21(20(17)19)25-28-13-15(27)12-23-22(2,3)4/h5-11,15,23,27H,12-13H2,1-4H3,(H,24,26)/b25-21+. The molecule has 3 rings (SSSR count). The second-order valence-corrected chi connectivity index (χ2v) is 7.98. The zero-order chi connectivity index (χ0) is 20.3. The van der Waals surface area contributed by atoms with Gasteiger partial charge in [-0.3, -0.25) is 4.79 Å². The van der Waals surface area contributed by atoms with Crippen LogP contribution in [-0.2, 0) is 9.63 Å². The predicted octanol–water partition coefficient (Wildman–Crippen LogP) is 3.14. The first kappa shape index (κ1) is 20.0. The van der Waals surface area contributed by atoms with Crippen molar-refractivity contribution in [2.24, 2.45) is 5.16 Å². The summed E-state index contributed by atoms with van der Waals surface area (Å²) >= 11 is 0. The fourth-order valence-electron chi connectivity index (χ4n) is 3.15. The van der Waals surface area contributed by atoms with Gasteiger partial charge >= 0.3 is 0 Å². The molecule has 2 aromatic rings. The van der Waals surface area contributed by atoms with Crippen LogP contribution in [0.5, 0.6) is 0 Å². The number of hydrogen-bond donors (Lipinski definition) is 3. The van der Waals surface area contributed by atoms with Crippen LogP contribution in [0.15, 0.2) is 47.6 Å². The molecule has 0 spiro atoms. The van der Waals surface area contributed by atoms with E-state index in [0.29, 0.717) is 17.9 Å². The molecule has 148 valence electrons. The van der Waals surface area contributed by atoms with Gasteiger partial charge in [-0.15, -0.1) is 0 Å². The molecule has 1 atom stereocenters. The number of carbonyl (C=O) groups excluding carboxylic acids is 1. The van der Waals surface area contributed by atoms with Crippen molar-refractivity contribution in [2.45, 2.75) is 39.3 Å². The first-order chi connectivity index (χ1) is 13.3. The highest BCUT2D eigenvalue weighted by atomic mass is 16.6. The lowest BCUT2D eigenvalue weighted by Gasteiger charge is -2.22. The Balaban J connectivity index is 1.85. The number of benzene rings is 2. The van der Waals surface area contributed by atoms with Gasteiger partial charge in [-0.25, -0.2) is 0 Å². The summed E-state index contributed by atoms with van der Waals surface area (Å²) in [7, 11) is 0. The van der Waals surface area contributed by atoms with Gasteiger partial charge in [0.15, 0.2) is 0 Å². The maximum absolute atomic E-state index is 11.6. The molecule has 1 amide bonds. The Morgan fingerprint density at radius 2 is 1.79 bits per heavy atom. The summed E-state index contributed by atoms with van der Waals surface area (Å²) in [6.07, 6.45) is -0.676. The number of nitrogens with one attached hydrogen (secondary N) is 2. The fourth-order valence-corrected chi connectivity index (χ4v) is 3.15. The number of β-amino-alcohol motifs (C(OH)–C–C–N with tert-alkyl or cyclic N) is 1. The molecule has 0 aromatic heterocycles. The van der Waals surface area contributed by atoms with Gasteiger partial charge in [0.2, 0.25) is 5.91 Å². The van der Waals surface area contributed by atoms with Gasteiger partial charge in [-0.05, 0) is 38.0 Å². The smallest absolute Gasteiger partial charge is 0.221 e. The van der Waals surface area contributed by atoms with Crippen LogP contribution in [-0.4, -0.2) is 41.5 Å². The van der Waals surface area contributed by atoms with E-state index < -0.39 is 6.10 Å². The highest BCUT2D eigenvalue weighted by Crippen LogP contribution is 2.40. The Kier molecular flexibility index (Phi) is 5.82. The van der Waals surface area contributed by atoms with Crippen LogP contribution >= 0.6 is 0 Å². The number of nitrogens with zero attached hydrogens (tertiary/aromatic N) is 1. The van der Waals surface area contributed by atoms with Gasteiger partial charge < -0.3 is 20.6 Å². The number of carbonyl (C=O) groups is 1. The monoisotopic (exact) mass is 381 g/mol. The molecular weight excluding hydrogens is 354 g/mol. The van der Waals surface area contributed by atoms with Gasteiger partial charge in [-0.2, -0.15) is 0 Å². The second-order valence-electron chi connectivity index (χ2n) is 7.98. The minimum atomic E-state index is -0.676. The van der Waals surface area contributed by atoms with Crippen LogP contribution < -0.4 is 10.6 Å². The minimum Gasteiger partial charge on any atom is -0.392 e. The minimum absolute atomic E-state index is 0.0758. The summed E-state index contributed by atoms with van der Waals surface area (Å²) in [4.78, 5) is 17.1. The molecule has 1 aliphatic carbocycles. The molecule has 6 heteroatoms. The quantitative estimate of drug-likeness (QED) is 0.573. The molecule has 0 saturated heterocycles. The Bertz CT molecular complexity index is 900. The Morgan fingerprint density at radius 1 is 1.11 bits per heavy atom. The van der Waals surface area contributed by atoms with E-state index in [0.717, 1.165) is 22.3 Å². The van der Waals surface area contributed by atoms with Crippen LogP contribution in [0.4, 0.5) is 5.69 Å². The van der Waals surface area contributed by atoms with Crippen molar-refractivity contribution in [3.05, 3.63) is 53.6 Å². The van der Waals surface area contributed by atoms with E-state index in [1.165, 1.54) is 6.92 Å². The van der Waals surface area contributed by atoms with Crippen molar-refractivity contribution in [3.8, 4) is 11.1 Å². The summed E-state index contributed by atoms with van der Waals surface area (Å²) in [5.74, 6) is -0.145. The van der Waals surface area contributed by atoms with E-state index in [4.69, 9.17) is 4.84 Å². The zero-order valence-corrected chi connectivity index (χ0v) is 16.7. The molecule has 1 unspecified atom stereocenters. The van der Waals surface area contributed by atoms with Crippen molar-refractivity contribution < 1.29 is 14.7 Å². The van der Waals surface area contributed by atoms with E-state index in [9.17, 15) is 9.90 Å². The van der Waals surface area contributed by atoms with E-state index in [1.807, 2.05) is 63.2 Å². The van der Waals surface area contributed by atoms with E-state index >= 15 is 0 Å². The maximum Gasteiger partial charge on any atom is 0.221 e. The van der Waals surface area contributed by atoms with Crippen LogP contribution in [0.3, 0.4) is 0 Å². The van der Waals surface area contributed by atoms with Crippen LogP contribution in [0.2, 0.25) is 0 Å². The number of anilines is 1. The van der Waals surface area contributed by atoms with Gasteiger partial charge in [0, 0.05) is 30.1 Å². The number of aliphatic hydroxyl groups is 1. The molecule has 0 aliphatic heterocycles. The Labute approximate surface area is 165 Å². The molecule has 0 bridgehead atoms. The zero-order valence-electron chi connectivity index (χ0n) is 16.7. The van der Waals surface area contributed by atoms with E-state index in [1.54, 1.807) is 0 Å². The molecule has 1 aliphatic rings. The lowest BCUT2D eigenvalue weighted by atomic mass is 10.0. The highest BCUT2D eigenvalue weighted by Gasteiger charge is 2.28. The molecule has 0 saturated carbocycles. The van der Waals surface area contributed by atoms with Crippen LogP contribution in [0, 0.1) is 0 Å². The van der Waals surface area contributed by atoms with Crippen molar-refractivity contribution >= 4 is 17.3 Å². The molecule has 0 fully saturated rings. The van der Waals surface area contributed by atoms with Crippen molar-refractivity contribution in [2.75, 3.05) is 18.5 Å². The molecule has 6 nitrogen and oxygen atoms in total. The molecular formula is C22H27N3O3. The molecule has 0 heterocycles. The third kappa shape index (κ3) is 4.58. The number of oxime groups is 1. The number of fused-ring (bicyclic) bond motifs is 3. The second kappa shape index (κ2) is 8.12. The van der Waals surface area contributed by atoms with Gasteiger partial charge in [0.25, 0.3) is 0 Å². The average Bonchev–Trinajstić information content (AvgIpc) is 2.94. The first-order valence-electron chi connectivity index (χ1n) is 9.40. The molecule has 0 radical (unpaired) electrons. The molecule has 28 heavy (non-hydrogen) atoms. The van der Waals surface area contributed by atoms with Crippen molar-refractivity contribution in [1.29, 1.82) is 0 Å². The number of hydrogen-bond acceptors (Lipinski definition) is 5. The summed E-state index contributed by atoms with van der Waals surface area (Å²) in [6.45, 7) is 8.09. The Hall–Kier alpha value is -2.70. The average molecular weight is 381 g/mol. The lowest BCUT2D eigenvalue weighted by molar-refractivity contribution is -0.114. The largest absolute Gasteiger partial charge is 0.392 e. The highest BCUT2D eigenvalue weighted by molar-refractivity contribution is 6.27. The van der Waals surface area contributed by atoms with Crippen molar-refractivity contribution in [1.82, 2.24) is 5.32 Å². The summed E-state index contributed by atoms with van der Waals surface area (Å²) < 4.78 is 0. The molecule has 2 aromatic carbocycles. The predicted molar refractivity (Wildman–Crippen MR) is 112 cm³/mol. The van der Waals surface area contributed by atoms with Crippen molar-refractivity contribution in [3.63, 3.8) is 0 Å². The van der Waals surface area contributed by atoms with Gasteiger partial charge in [0.05, 0.1) is 5.69 Å². The maximum atomic E-state index is 11.6. The fraction of sp³-hybridized carbons (Fsp3) is 0.364. The van der Waals surface area contributed by atoms with Gasteiger partial charge in [0.1, 0.15) is 18.4 Å². The Morgan fingerprint density at radius 3 is 2.46 bits per heavy atom. The van der Waals surface area contributed by atoms with Crippen LogP contribution in [0.25, 0.3) is 11.1 Å². The number of aliphatic hydroxyl groups excluding tert-OH is 1. The van der Waals surface area contributed by atoms with Crippen LogP contribution in [0.1, 0.15) is 38.8 Å². The lowest BCUT2D eigenvalue weighted by Crippen LogP contribution is -2.42. The van der Waals surface area contributed by atoms with Gasteiger partial charge in [-0.1, -0.05) is 41.6 Å². The SMILES string of the molecule is CC(=O)Nc1cccc2c1/C(=N/OCC(O)CNC(C)(C)C)c1ccccc1-2. The summed E-state index contributed by atoms with van der Waals surface area (Å²) in [6, 6.07) is 13.7. The third-order valence-electron chi connectivity index (χ3n) is 4.38. The number of rotatable bonds is 6. The summed E-state index contributed by atoms with van der Waals surface area (Å²) in [5, 5.41) is 20.6.